The van der Waals surface area contributed by atoms with E-state index < -0.39 is 0 Å². The highest BCUT2D eigenvalue weighted by atomic mass is 15.0. The van der Waals surface area contributed by atoms with Gasteiger partial charge in [-0.3, -0.25) is 4.98 Å². The van der Waals surface area contributed by atoms with Crippen molar-refractivity contribution in [3.05, 3.63) is 29.6 Å². The Balaban J connectivity index is 1.89. The van der Waals surface area contributed by atoms with Crippen molar-refractivity contribution in [2.24, 2.45) is 0 Å². The molecule has 2 heterocycles. The first-order chi connectivity index (χ1) is 8.30. The van der Waals surface area contributed by atoms with E-state index in [9.17, 15) is 0 Å². The summed E-state index contributed by atoms with van der Waals surface area (Å²) in [5, 5.41) is 3.80. The van der Waals surface area contributed by atoms with E-state index in [0.717, 1.165) is 0 Å². The van der Waals surface area contributed by atoms with Crippen molar-refractivity contribution in [1.29, 1.82) is 0 Å². The Morgan fingerprint density at radius 3 is 3.24 bits per heavy atom. The Labute approximate surface area is 104 Å². The number of hydrogen-bond donors (Lipinski definition) is 1. The molecule has 1 fully saturated rings. The third kappa shape index (κ3) is 1.99. The predicted molar refractivity (Wildman–Crippen MR) is 70.2 cm³/mol. The monoisotopic (exact) mass is 230 g/mol. The van der Waals surface area contributed by atoms with Gasteiger partial charge in [0.1, 0.15) is 0 Å². The zero-order valence-electron chi connectivity index (χ0n) is 10.7. The summed E-state index contributed by atoms with van der Waals surface area (Å²) in [6.07, 6.45) is 9.82. The maximum absolute atomic E-state index is 4.65. The van der Waals surface area contributed by atoms with Crippen LogP contribution in [-0.2, 0) is 6.42 Å². The van der Waals surface area contributed by atoms with Crippen LogP contribution in [0.1, 0.15) is 56.2 Å². The van der Waals surface area contributed by atoms with Crippen LogP contribution in [0.2, 0.25) is 0 Å². The van der Waals surface area contributed by atoms with Crippen LogP contribution in [0.25, 0.3) is 0 Å². The third-order valence-corrected chi connectivity index (χ3v) is 4.63. The molecule has 0 saturated carbocycles. The molecule has 2 atom stereocenters. The lowest BCUT2D eigenvalue weighted by Crippen LogP contribution is -2.46. The smallest absolute Gasteiger partial charge is 0.0484 e. The van der Waals surface area contributed by atoms with E-state index in [4.69, 9.17) is 0 Å². The Morgan fingerprint density at radius 2 is 2.29 bits per heavy atom. The number of nitrogens with one attached hydrogen (secondary N) is 1. The lowest BCUT2D eigenvalue weighted by atomic mass is 9.80. The summed E-state index contributed by atoms with van der Waals surface area (Å²) in [4.78, 5) is 4.65. The molecule has 0 radical (unpaired) electrons. The lowest BCUT2D eigenvalue weighted by Gasteiger charge is -2.35. The molecule has 0 spiro atoms. The zero-order valence-corrected chi connectivity index (χ0v) is 10.7. The lowest BCUT2D eigenvalue weighted by molar-refractivity contribution is 0.279. The SMILES string of the molecule is CC1(C2CCc3cccnc32)CCCCCN1. The molecule has 1 N–H and O–H groups in total. The van der Waals surface area contributed by atoms with Crippen LogP contribution in [-0.4, -0.2) is 17.1 Å². The summed E-state index contributed by atoms with van der Waals surface area (Å²) in [6, 6.07) is 4.33. The van der Waals surface area contributed by atoms with E-state index in [1.54, 1.807) is 0 Å². The largest absolute Gasteiger partial charge is 0.311 e. The summed E-state index contributed by atoms with van der Waals surface area (Å²) in [6.45, 7) is 3.59. The molecule has 1 aromatic heterocycles. The molecule has 2 heteroatoms. The van der Waals surface area contributed by atoms with Gasteiger partial charge >= 0.3 is 0 Å². The standard InChI is InChI=1S/C15H22N2/c1-15(9-3-2-4-11-17-15)13-8-7-12-6-5-10-16-14(12)13/h5-6,10,13,17H,2-4,7-9,11H2,1H3. The molecule has 1 aliphatic heterocycles. The number of rotatable bonds is 1. The van der Waals surface area contributed by atoms with Gasteiger partial charge in [0.15, 0.2) is 0 Å². The minimum absolute atomic E-state index is 0.274. The summed E-state index contributed by atoms with van der Waals surface area (Å²) in [5.41, 5.74) is 3.12. The van der Waals surface area contributed by atoms with Crippen molar-refractivity contribution < 1.29 is 0 Å². The molecular formula is C15H22N2. The average molecular weight is 230 g/mol. The van der Waals surface area contributed by atoms with Crippen molar-refractivity contribution in [3.63, 3.8) is 0 Å². The number of fused-ring (bicyclic) bond motifs is 1. The molecule has 3 rings (SSSR count). The van der Waals surface area contributed by atoms with Crippen molar-refractivity contribution in [1.82, 2.24) is 10.3 Å². The average Bonchev–Trinajstić information content (AvgIpc) is 2.67. The second kappa shape index (κ2) is 4.41. The molecule has 17 heavy (non-hydrogen) atoms. The second-order valence-corrected chi connectivity index (χ2v) is 5.79. The molecule has 1 aromatic rings. The van der Waals surface area contributed by atoms with E-state index in [0.29, 0.717) is 5.92 Å². The quantitative estimate of drug-likeness (QED) is 0.802. The number of pyridine rings is 1. The molecule has 1 saturated heterocycles. The second-order valence-electron chi connectivity index (χ2n) is 5.79. The van der Waals surface area contributed by atoms with E-state index >= 15 is 0 Å². The molecule has 2 aliphatic rings. The van der Waals surface area contributed by atoms with Crippen LogP contribution >= 0.6 is 0 Å². The molecule has 1 aliphatic carbocycles. The molecule has 2 nitrogen and oxygen atoms in total. The summed E-state index contributed by atoms with van der Waals surface area (Å²) >= 11 is 0. The van der Waals surface area contributed by atoms with Gasteiger partial charge in [0.25, 0.3) is 0 Å². The first-order valence-corrected chi connectivity index (χ1v) is 6.98. The van der Waals surface area contributed by atoms with Gasteiger partial charge in [0.2, 0.25) is 0 Å². The van der Waals surface area contributed by atoms with E-state index in [1.807, 2.05) is 6.20 Å². The Kier molecular flexibility index (Phi) is 2.91. The van der Waals surface area contributed by atoms with Crippen LogP contribution in [0.15, 0.2) is 18.3 Å². The predicted octanol–water partition coefficient (Wildman–Crippen LogP) is 3.03. The van der Waals surface area contributed by atoms with Crippen molar-refractivity contribution in [2.45, 2.75) is 56.9 Å². The number of hydrogen-bond acceptors (Lipinski definition) is 2. The van der Waals surface area contributed by atoms with E-state index in [-0.39, 0.29) is 5.54 Å². The molecular weight excluding hydrogens is 208 g/mol. The van der Waals surface area contributed by atoms with Gasteiger partial charge in [0.05, 0.1) is 0 Å². The summed E-state index contributed by atoms with van der Waals surface area (Å²) in [7, 11) is 0. The maximum Gasteiger partial charge on any atom is 0.0484 e. The van der Waals surface area contributed by atoms with Gasteiger partial charge in [0, 0.05) is 23.3 Å². The normalized spacial score (nSPS) is 33.1. The highest BCUT2D eigenvalue weighted by Crippen LogP contribution is 2.42. The fourth-order valence-corrected chi connectivity index (χ4v) is 3.59. The Bertz CT molecular complexity index is 392. The van der Waals surface area contributed by atoms with Gasteiger partial charge in [-0.25, -0.2) is 0 Å². The van der Waals surface area contributed by atoms with Gasteiger partial charge < -0.3 is 5.32 Å². The third-order valence-electron chi connectivity index (χ3n) is 4.63. The Morgan fingerprint density at radius 1 is 1.35 bits per heavy atom. The number of aryl methyl sites for hydroxylation is 1. The van der Waals surface area contributed by atoms with Crippen LogP contribution in [0.4, 0.5) is 0 Å². The van der Waals surface area contributed by atoms with Crippen LogP contribution in [0.5, 0.6) is 0 Å². The minimum Gasteiger partial charge on any atom is -0.311 e. The number of aromatic nitrogens is 1. The minimum atomic E-state index is 0.274. The van der Waals surface area contributed by atoms with Gasteiger partial charge in [-0.05, 0) is 50.8 Å². The fourth-order valence-electron chi connectivity index (χ4n) is 3.59. The van der Waals surface area contributed by atoms with Crippen molar-refractivity contribution >= 4 is 0 Å². The van der Waals surface area contributed by atoms with E-state index in [2.05, 4.69) is 29.4 Å². The summed E-state index contributed by atoms with van der Waals surface area (Å²) in [5.74, 6) is 0.622. The van der Waals surface area contributed by atoms with Crippen molar-refractivity contribution in [2.75, 3.05) is 6.54 Å². The van der Waals surface area contributed by atoms with Crippen LogP contribution in [0.3, 0.4) is 0 Å². The highest BCUT2D eigenvalue weighted by Gasteiger charge is 2.39. The van der Waals surface area contributed by atoms with Crippen LogP contribution in [0, 0.1) is 0 Å². The van der Waals surface area contributed by atoms with Gasteiger partial charge in [-0.15, -0.1) is 0 Å². The first kappa shape index (κ1) is 11.2. The first-order valence-electron chi connectivity index (χ1n) is 6.98. The zero-order chi connectivity index (χ0) is 11.7. The molecule has 0 aromatic carbocycles. The fraction of sp³-hybridized carbons (Fsp3) is 0.667. The highest BCUT2D eigenvalue weighted by molar-refractivity contribution is 5.31. The Hall–Kier alpha value is -0.890. The van der Waals surface area contributed by atoms with Gasteiger partial charge in [-0.2, -0.15) is 0 Å². The van der Waals surface area contributed by atoms with Crippen LogP contribution < -0.4 is 5.32 Å². The topological polar surface area (TPSA) is 24.9 Å². The molecule has 0 amide bonds. The molecule has 0 bridgehead atoms. The number of nitrogens with zero attached hydrogens (tertiary/aromatic N) is 1. The van der Waals surface area contributed by atoms with Gasteiger partial charge in [-0.1, -0.05) is 18.9 Å². The van der Waals surface area contributed by atoms with Crippen molar-refractivity contribution in [3.8, 4) is 0 Å². The van der Waals surface area contributed by atoms with E-state index in [1.165, 1.54) is 56.3 Å². The molecule has 92 valence electrons. The maximum atomic E-state index is 4.65. The summed E-state index contributed by atoms with van der Waals surface area (Å²) < 4.78 is 0. The molecule has 2 unspecified atom stereocenters.